The van der Waals surface area contributed by atoms with E-state index in [9.17, 15) is 18.0 Å². The van der Waals surface area contributed by atoms with Crippen molar-refractivity contribution in [1.29, 1.82) is 0 Å². The van der Waals surface area contributed by atoms with Crippen LogP contribution in [0.5, 0.6) is 0 Å². The van der Waals surface area contributed by atoms with E-state index in [1.165, 1.54) is 17.0 Å². The van der Waals surface area contributed by atoms with Gasteiger partial charge in [0.1, 0.15) is 12.6 Å². The molecule has 0 heterocycles. The van der Waals surface area contributed by atoms with Crippen molar-refractivity contribution in [2.45, 2.75) is 71.0 Å². The first-order valence-electron chi connectivity index (χ1n) is 13.5. The second kappa shape index (κ2) is 13.8. The number of rotatable bonds is 12. The number of carbonyl (C=O) groups excluding carboxylic acids is 2. The van der Waals surface area contributed by atoms with Crippen LogP contribution in [0.4, 0.5) is 5.69 Å². The Morgan fingerprint density at radius 2 is 1.55 bits per heavy atom. The molecule has 0 aromatic heterocycles. The van der Waals surface area contributed by atoms with Gasteiger partial charge in [-0.25, -0.2) is 8.42 Å². The Morgan fingerprint density at radius 1 is 0.900 bits per heavy atom. The van der Waals surface area contributed by atoms with Crippen LogP contribution in [0.1, 0.15) is 50.3 Å². The molecule has 1 N–H and O–H groups in total. The van der Waals surface area contributed by atoms with Crippen LogP contribution in [0.25, 0.3) is 0 Å². The van der Waals surface area contributed by atoms with Crippen LogP contribution in [-0.2, 0) is 26.2 Å². The van der Waals surface area contributed by atoms with Gasteiger partial charge in [0.15, 0.2) is 0 Å². The minimum Gasteiger partial charge on any atom is -0.352 e. The first kappa shape index (κ1) is 31.2. The highest BCUT2D eigenvalue weighted by Gasteiger charge is 2.34. The van der Waals surface area contributed by atoms with E-state index in [0.717, 1.165) is 27.4 Å². The third-order valence-corrected chi connectivity index (χ3v) is 9.08. The molecule has 0 aliphatic rings. The summed E-state index contributed by atoms with van der Waals surface area (Å²) in [7, 11) is -4.10. The summed E-state index contributed by atoms with van der Waals surface area (Å²) < 4.78 is 28.9. The molecule has 9 heteroatoms. The van der Waals surface area contributed by atoms with E-state index in [1.807, 2.05) is 40.7 Å². The van der Waals surface area contributed by atoms with Crippen molar-refractivity contribution in [3.05, 3.63) is 94.5 Å². The second-order valence-electron chi connectivity index (χ2n) is 9.98. The van der Waals surface area contributed by atoms with Gasteiger partial charge in [0.05, 0.1) is 10.6 Å². The minimum absolute atomic E-state index is 0.0699. The lowest BCUT2D eigenvalue weighted by Gasteiger charge is -2.34. The van der Waals surface area contributed by atoms with Crippen molar-refractivity contribution < 1.29 is 18.0 Å². The number of hydrogen-bond donors (Lipinski definition) is 1. The zero-order valence-corrected chi connectivity index (χ0v) is 25.3. The maximum Gasteiger partial charge on any atom is 0.264 e. The SMILES string of the molecule is CC[C@H](C)NC(=O)[C@H](CC)N(Cc1ccc(Cl)cc1)C(=O)CN(c1ccc(C)c(C)c1)S(=O)(=O)c1ccccc1. The average Bonchev–Trinajstić information content (AvgIpc) is 2.94. The smallest absolute Gasteiger partial charge is 0.264 e. The number of aryl methyl sites for hydroxylation is 2. The number of halogens is 1. The third-order valence-electron chi connectivity index (χ3n) is 7.04. The minimum atomic E-state index is -4.10. The van der Waals surface area contributed by atoms with Gasteiger partial charge in [-0.1, -0.05) is 61.8 Å². The zero-order valence-electron chi connectivity index (χ0n) is 23.7. The van der Waals surface area contributed by atoms with Crippen LogP contribution in [0.15, 0.2) is 77.7 Å². The Morgan fingerprint density at radius 3 is 2.12 bits per heavy atom. The summed E-state index contributed by atoms with van der Waals surface area (Å²) >= 11 is 6.08. The van der Waals surface area contributed by atoms with Crippen LogP contribution in [0.3, 0.4) is 0 Å². The molecule has 0 saturated carbocycles. The van der Waals surface area contributed by atoms with Crippen LogP contribution >= 0.6 is 11.6 Å². The molecule has 40 heavy (non-hydrogen) atoms. The van der Waals surface area contributed by atoms with Crippen LogP contribution < -0.4 is 9.62 Å². The van der Waals surface area contributed by atoms with Gasteiger partial charge in [0, 0.05) is 17.6 Å². The van der Waals surface area contributed by atoms with Gasteiger partial charge in [0.25, 0.3) is 10.0 Å². The Bertz CT molecular complexity index is 1410. The maximum absolute atomic E-state index is 14.1. The number of nitrogens with zero attached hydrogens (tertiary/aromatic N) is 2. The van der Waals surface area contributed by atoms with Crippen LogP contribution in [0.2, 0.25) is 5.02 Å². The van der Waals surface area contributed by atoms with E-state index < -0.39 is 28.5 Å². The van der Waals surface area contributed by atoms with Crippen molar-refractivity contribution >= 4 is 39.1 Å². The number of carbonyl (C=O) groups is 2. The Balaban J connectivity index is 2.06. The van der Waals surface area contributed by atoms with Gasteiger partial charge in [0.2, 0.25) is 11.8 Å². The van der Waals surface area contributed by atoms with E-state index in [-0.39, 0.29) is 23.4 Å². The zero-order chi connectivity index (χ0) is 29.4. The highest BCUT2D eigenvalue weighted by atomic mass is 35.5. The average molecular weight is 584 g/mol. The van der Waals surface area contributed by atoms with Crippen molar-refractivity contribution in [3.63, 3.8) is 0 Å². The summed E-state index contributed by atoms with van der Waals surface area (Å²) in [6.45, 7) is 9.20. The number of hydrogen-bond acceptors (Lipinski definition) is 4. The number of amides is 2. The molecule has 214 valence electrons. The highest BCUT2D eigenvalue weighted by Crippen LogP contribution is 2.27. The monoisotopic (exact) mass is 583 g/mol. The molecule has 0 saturated heterocycles. The van der Waals surface area contributed by atoms with E-state index in [4.69, 9.17) is 11.6 Å². The summed E-state index contributed by atoms with van der Waals surface area (Å²) in [6, 6.07) is 19.5. The van der Waals surface area contributed by atoms with Gasteiger partial charge in [-0.3, -0.25) is 13.9 Å². The predicted molar refractivity (Wildman–Crippen MR) is 161 cm³/mol. The van der Waals surface area contributed by atoms with Gasteiger partial charge in [-0.15, -0.1) is 0 Å². The van der Waals surface area contributed by atoms with Gasteiger partial charge in [-0.05, 0) is 86.7 Å². The molecule has 0 radical (unpaired) electrons. The molecule has 0 bridgehead atoms. The van der Waals surface area contributed by atoms with Crippen molar-refractivity contribution in [3.8, 4) is 0 Å². The lowest BCUT2D eigenvalue weighted by molar-refractivity contribution is -0.140. The molecule has 2 atom stereocenters. The molecule has 0 aliphatic heterocycles. The fourth-order valence-corrected chi connectivity index (χ4v) is 5.83. The Labute approximate surface area is 243 Å². The molecular formula is C31H38ClN3O4S. The topological polar surface area (TPSA) is 86.8 Å². The largest absolute Gasteiger partial charge is 0.352 e. The molecule has 3 aromatic rings. The second-order valence-corrected chi connectivity index (χ2v) is 12.3. The predicted octanol–water partition coefficient (Wildman–Crippen LogP) is 5.87. The molecule has 0 spiro atoms. The van der Waals surface area contributed by atoms with Crippen molar-refractivity contribution in [2.75, 3.05) is 10.8 Å². The number of sulfonamides is 1. The summed E-state index contributed by atoms with van der Waals surface area (Å²) in [4.78, 5) is 29.0. The number of anilines is 1. The van der Waals surface area contributed by atoms with Gasteiger partial charge in [-0.2, -0.15) is 0 Å². The Hall–Kier alpha value is -3.36. The lowest BCUT2D eigenvalue weighted by atomic mass is 10.1. The van der Waals surface area contributed by atoms with Gasteiger partial charge >= 0.3 is 0 Å². The van der Waals surface area contributed by atoms with Crippen molar-refractivity contribution in [1.82, 2.24) is 10.2 Å². The fourth-order valence-electron chi connectivity index (χ4n) is 4.28. The molecule has 7 nitrogen and oxygen atoms in total. The quantitative estimate of drug-likeness (QED) is 0.289. The Kier molecular flexibility index (Phi) is 10.8. The summed E-state index contributed by atoms with van der Waals surface area (Å²) in [5.74, 6) is -0.762. The van der Waals surface area contributed by atoms with Gasteiger partial charge < -0.3 is 10.2 Å². The lowest BCUT2D eigenvalue weighted by Crippen LogP contribution is -2.53. The maximum atomic E-state index is 14.1. The van der Waals surface area contributed by atoms with E-state index in [1.54, 1.807) is 54.6 Å². The molecule has 3 rings (SSSR count). The molecule has 0 unspecified atom stereocenters. The number of benzene rings is 3. The van der Waals surface area contributed by atoms with Crippen LogP contribution in [-0.4, -0.2) is 43.8 Å². The fraction of sp³-hybridized carbons (Fsp3) is 0.355. The molecule has 0 fully saturated rings. The third kappa shape index (κ3) is 7.64. The summed E-state index contributed by atoms with van der Waals surface area (Å²) in [6.07, 6.45) is 1.10. The van der Waals surface area contributed by atoms with E-state index in [2.05, 4.69) is 5.32 Å². The first-order valence-corrected chi connectivity index (χ1v) is 15.3. The normalized spacial score (nSPS) is 12.8. The van der Waals surface area contributed by atoms with Crippen LogP contribution in [0, 0.1) is 13.8 Å². The summed E-state index contributed by atoms with van der Waals surface area (Å²) in [5.41, 5.74) is 3.06. The summed E-state index contributed by atoms with van der Waals surface area (Å²) in [5, 5.41) is 3.53. The molecule has 3 aromatic carbocycles. The van der Waals surface area contributed by atoms with E-state index >= 15 is 0 Å². The first-order chi connectivity index (χ1) is 19.0. The molecule has 0 aliphatic carbocycles. The van der Waals surface area contributed by atoms with E-state index in [0.29, 0.717) is 17.1 Å². The standard InChI is InChI=1S/C31H38ClN3O4S/c1-6-24(5)33-31(37)29(7-2)34(20-25-14-16-26(32)17-15-25)30(36)21-35(27-18-13-22(3)23(4)19-27)40(38,39)28-11-9-8-10-12-28/h8-19,24,29H,6-7,20-21H2,1-5H3,(H,33,37)/t24-,29-/m0/s1. The molecule has 2 amide bonds. The highest BCUT2D eigenvalue weighted by molar-refractivity contribution is 7.92. The van der Waals surface area contributed by atoms with Crippen molar-refractivity contribution in [2.24, 2.45) is 0 Å². The number of nitrogens with one attached hydrogen (secondary N) is 1. The molecular weight excluding hydrogens is 546 g/mol.